The van der Waals surface area contributed by atoms with E-state index in [-0.39, 0.29) is 12.4 Å². The van der Waals surface area contributed by atoms with Crippen molar-refractivity contribution < 1.29 is 9.53 Å². The molecule has 0 saturated carbocycles. The van der Waals surface area contributed by atoms with Gasteiger partial charge in [-0.05, 0) is 25.8 Å². The summed E-state index contributed by atoms with van der Waals surface area (Å²) in [6.45, 7) is 1.91. The molecule has 0 radical (unpaired) electrons. The zero-order chi connectivity index (χ0) is 11.9. The molecule has 1 aromatic rings. The van der Waals surface area contributed by atoms with Crippen LogP contribution >= 0.6 is 11.3 Å². The Hall–Kier alpha value is -0.780. The highest BCUT2D eigenvalue weighted by Gasteiger charge is 2.13. The number of carbonyl (C=O) groups excluding carboxylic acids is 1. The lowest BCUT2D eigenvalue weighted by Gasteiger charge is -2.23. The molecular weight excluding hydrogens is 236 g/mol. The first-order chi connectivity index (χ1) is 8.36. The molecule has 0 aliphatic carbocycles. The van der Waals surface area contributed by atoms with E-state index in [1.165, 1.54) is 30.6 Å². The van der Waals surface area contributed by atoms with Gasteiger partial charge in [0.15, 0.2) is 5.01 Å². The summed E-state index contributed by atoms with van der Waals surface area (Å²) < 4.78 is 5.40. The van der Waals surface area contributed by atoms with Crippen LogP contribution < -0.4 is 5.32 Å². The number of piperidine rings is 1. The minimum atomic E-state index is -0.0170. The summed E-state index contributed by atoms with van der Waals surface area (Å²) in [5.41, 5.74) is 0. The lowest BCUT2D eigenvalue weighted by atomic mass is 10.0. The van der Waals surface area contributed by atoms with Crippen LogP contribution in [0.3, 0.4) is 0 Å². The Morgan fingerprint density at radius 3 is 3.24 bits per heavy atom. The van der Waals surface area contributed by atoms with Crippen molar-refractivity contribution in [2.24, 2.45) is 0 Å². The molecule has 1 aromatic heterocycles. The third kappa shape index (κ3) is 4.18. The monoisotopic (exact) mass is 254 g/mol. The fourth-order valence-corrected chi connectivity index (χ4v) is 2.55. The number of hydrogen-bond donors (Lipinski definition) is 1. The molecule has 0 bridgehead atoms. The van der Waals surface area contributed by atoms with E-state index >= 15 is 0 Å². The van der Waals surface area contributed by atoms with Crippen LogP contribution in [0.25, 0.3) is 0 Å². The molecule has 1 aliphatic heterocycles. The fourth-order valence-electron chi connectivity index (χ4n) is 1.98. The highest BCUT2D eigenvalue weighted by atomic mass is 32.1. The van der Waals surface area contributed by atoms with Crippen molar-refractivity contribution in [3.8, 4) is 0 Å². The predicted octanol–water partition coefficient (Wildman–Crippen LogP) is 1.87. The largest absolute Gasteiger partial charge is 0.373 e. The minimum Gasteiger partial charge on any atom is -0.373 e. The van der Waals surface area contributed by atoms with Crippen LogP contribution in [0.1, 0.15) is 35.5 Å². The van der Waals surface area contributed by atoms with Gasteiger partial charge in [-0.3, -0.25) is 4.79 Å². The number of aromatic nitrogens is 1. The summed E-state index contributed by atoms with van der Waals surface area (Å²) in [7, 11) is 0. The first-order valence-electron chi connectivity index (χ1n) is 6.10. The predicted molar refractivity (Wildman–Crippen MR) is 67.5 cm³/mol. The van der Waals surface area contributed by atoms with Crippen LogP contribution in [0.15, 0.2) is 11.6 Å². The smallest absolute Gasteiger partial charge is 0.216 e. The molecule has 1 N–H and O–H groups in total. The summed E-state index contributed by atoms with van der Waals surface area (Å²) in [5, 5.41) is 5.81. The maximum absolute atomic E-state index is 11.6. The first-order valence-corrected chi connectivity index (χ1v) is 6.98. The van der Waals surface area contributed by atoms with Crippen LogP contribution in [0, 0.1) is 0 Å². The third-order valence-electron chi connectivity index (χ3n) is 2.93. The lowest BCUT2D eigenvalue weighted by Crippen LogP contribution is -2.34. The van der Waals surface area contributed by atoms with E-state index in [0.717, 1.165) is 13.0 Å². The molecule has 1 atom stereocenters. The number of Topliss-reactive ketones (excluding diaryl/α,β-unsaturated/α-hetero) is 1. The molecule has 5 heteroatoms. The maximum atomic E-state index is 11.6. The van der Waals surface area contributed by atoms with Crippen molar-refractivity contribution in [1.29, 1.82) is 0 Å². The van der Waals surface area contributed by atoms with Gasteiger partial charge in [0.25, 0.3) is 0 Å². The number of hydrogen-bond acceptors (Lipinski definition) is 5. The van der Waals surface area contributed by atoms with Gasteiger partial charge in [0.2, 0.25) is 5.78 Å². The quantitative estimate of drug-likeness (QED) is 0.622. The minimum absolute atomic E-state index is 0.0170. The summed E-state index contributed by atoms with van der Waals surface area (Å²) in [6, 6.07) is 0.568. The molecule has 0 spiro atoms. The average molecular weight is 254 g/mol. The van der Waals surface area contributed by atoms with E-state index in [1.807, 2.05) is 0 Å². The summed E-state index contributed by atoms with van der Waals surface area (Å²) >= 11 is 1.36. The molecule has 94 valence electrons. The molecule has 0 unspecified atom stereocenters. The van der Waals surface area contributed by atoms with Crippen LogP contribution in [0.4, 0.5) is 0 Å². The number of thiazole rings is 1. The Morgan fingerprint density at radius 2 is 2.53 bits per heavy atom. The number of rotatable bonds is 6. The standard InChI is InChI=1S/C12H18N2O2S/c15-11(12-14-6-8-17-12)9-16-7-4-10-3-1-2-5-13-10/h6,8,10,13H,1-5,7,9H2/t10-/m1/s1. The lowest BCUT2D eigenvalue weighted by molar-refractivity contribution is 0.0735. The molecule has 1 saturated heterocycles. The Kier molecular flexibility index (Phi) is 5.09. The van der Waals surface area contributed by atoms with Gasteiger partial charge >= 0.3 is 0 Å². The summed E-state index contributed by atoms with van der Waals surface area (Å²) in [6.07, 6.45) is 6.44. The highest BCUT2D eigenvalue weighted by molar-refractivity contribution is 7.11. The summed E-state index contributed by atoms with van der Waals surface area (Å²) in [5.74, 6) is -0.0170. The molecule has 1 fully saturated rings. The highest BCUT2D eigenvalue weighted by Crippen LogP contribution is 2.10. The molecule has 0 amide bonds. The van der Waals surface area contributed by atoms with Crippen molar-refractivity contribution >= 4 is 17.1 Å². The van der Waals surface area contributed by atoms with Gasteiger partial charge in [-0.25, -0.2) is 4.98 Å². The molecule has 2 rings (SSSR count). The van der Waals surface area contributed by atoms with Crippen molar-refractivity contribution in [2.75, 3.05) is 19.8 Å². The van der Waals surface area contributed by atoms with E-state index in [1.54, 1.807) is 11.6 Å². The van der Waals surface area contributed by atoms with Gasteiger partial charge < -0.3 is 10.1 Å². The number of ketones is 1. The second-order valence-electron chi connectivity index (χ2n) is 4.25. The number of carbonyl (C=O) groups is 1. The SMILES string of the molecule is O=C(COCC[C@H]1CCCCN1)c1nccs1. The molecule has 17 heavy (non-hydrogen) atoms. The van der Waals surface area contributed by atoms with Crippen molar-refractivity contribution in [2.45, 2.75) is 31.7 Å². The van der Waals surface area contributed by atoms with E-state index in [0.29, 0.717) is 17.7 Å². The van der Waals surface area contributed by atoms with Gasteiger partial charge in [0.1, 0.15) is 6.61 Å². The topological polar surface area (TPSA) is 51.2 Å². The molecule has 2 heterocycles. The van der Waals surface area contributed by atoms with Gasteiger partial charge in [0.05, 0.1) is 0 Å². The number of nitrogens with one attached hydrogen (secondary N) is 1. The van der Waals surface area contributed by atoms with Crippen LogP contribution in [0.5, 0.6) is 0 Å². The second kappa shape index (κ2) is 6.83. The molecule has 4 nitrogen and oxygen atoms in total. The van der Waals surface area contributed by atoms with E-state index in [4.69, 9.17) is 4.74 Å². The van der Waals surface area contributed by atoms with E-state index < -0.39 is 0 Å². The Morgan fingerprint density at radius 1 is 1.59 bits per heavy atom. The van der Waals surface area contributed by atoms with Crippen LogP contribution in [0.2, 0.25) is 0 Å². The van der Waals surface area contributed by atoms with Crippen LogP contribution in [-0.2, 0) is 4.74 Å². The molecular formula is C12H18N2O2S. The van der Waals surface area contributed by atoms with Crippen molar-refractivity contribution in [3.63, 3.8) is 0 Å². The second-order valence-corrected chi connectivity index (χ2v) is 5.14. The van der Waals surface area contributed by atoms with E-state index in [2.05, 4.69) is 10.3 Å². The normalized spacial score (nSPS) is 20.4. The zero-order valence-electron chi connectivity index (χ0n) is 9.85. The number of ether oxygens (including phenoxy) is 1. The molecule has 1 aliphatic rings. The van der Waals surface area contributed by atoms with Gasteiger partial charge in [-0.15, -0.1) is 11.3 Å². The molecule has 0 aromatic carbocycles. The van der Waals surface area contributed by atoms with Crippen LogP contribution in [-0.4, -0.2) is 36.6 Å². The summed E-state index contributed by atoms with van der Waals surface area (Å²) in [4.78, 5) is 15.5. The zero-order valence-corrected chi connectivity index (χ0v) is 10.7. The number of nitrogens with zero attached hydrogens (tertiary/aromatic N) is 1. The maximum Gasteiger partial charge on any atom is 0.216 e. The van der Waals surface area contributed by atoms with E-state index in [9.17, 15) is 4.79 Å². The van der Waals surface area contributed by atoms with Crippen molar-refractivity contribution in [3.05, 3.63) is 16.6 Å². The Balaban J connectivity index is 1.58. The van der Waals surface area contributed by atoms with Crippen molar-refractivity contribution in [1.82, 2.24) is 10.3 Å². The first kappa shape index (κ1) is 12.7. The third-order valence-corrected chi connectivity index (χ3v) is 3.74. The van der Waals surface area contributed by atoms with Gasteiger partial charge in [-0.2, -0.15) is 0 Å². The Labute approximate surface area is 105 Å². The van der Waals surface area contributed by atoms with Gasteiger partial charge in [0, 0.05) is 24.2 Å². The van der Waals surface area contributed by atoms with Gasteiger partial charge in [-0.1, -0.05) is 6.42 Å². The average Bonchev–Trinajstić information content (AvgIpc) is 2.89. The fraction of sp³-hybridized carbons (Fsp3) is 0.667. The Bertz CT molecular complexity index is 334.